The van der Waals surface area contributed by atoms with Crippen molar-refractivity contribution >= 4 is 10.0 Å². The lowest BCUT2D eigenvalue weighted by Crippen LogP contribution is -2.35. The summed E-state index contributed by atoms with van der Waals surface area (Å²) in [4.78, 5) is 2.43. The molecule has 0 amide bonds. The largest absolute Gasteiger partial charge is 0.490 e. The SMILES string of the molecule is Cc1cc(OC2CCN(C)CC2)ccc1S(N)(=O)=O. The number of hydrogen-bond acceptors (Lipinski definition) is 4. The van der Waals surface area contributed by atoms with Crippen molar-refractivity contribution in [2.45, 2.75) is 30.8 Å². The first-order chi connectivity index (χ1) is 8.86. The number of nitrogens with zero attached hydrogens (tertiary/aromatic N) is 1. The van der Waals surface area contributed by atoms with Crippen molar-refractivity contribution in [3.05, 3.63) is 23.8 Å². The van der Waals surface area contributed by atoms with E-state index in [1.165, 1.54) is 6.07 Å². The van der Waals surface area contributed by atoms with E-state index in [0.717, 1.165) is 25.9 Å². The fourth-order valence-electron chi connectivity index (χ4n) is 2.31. The van der Waals surface area contributed by atoms with Crippen LogP contribution in [0.5, 0.6) is 5.75 Å². The first-order valence-corrected chi connectivity index (χ1v) is 7.89. The summed E-state index contributed by atoms with van der Waals surface area (Å²) in [5, 5.41) is 5.13. The van der Waals surface area contributed by atoms with Crippen molar-refractivity contribution in [3.8, 4) is 5.75 Å². The second-order valence-electron chi connectivity index (χ2n) is 5.09. The molecule has 1 saturated heterocycles. The van der Waals surface area contributed by atoms with Gasteiger partial charge in [-0.25, -0.2) is 13.6 Å². The maximum absolute atomic E-state index is 11.3. The molecule has 0 radical (unpaired) electrons. The van der Waals surface area contributed by atoms with E-state index < -0.39 is 10.0 Å². The van der Waals surface area contributed by atoms with E-state index in [2.05, 4.69) is 11.9 Å². The van der Waals surface area contributed by atoms with E-state index in [1.54, 1.807) is 19.1 Å². The number of piperidine rings is 1. The number of aryl methyl sites for hydroxylation is 1. The summed E-state index contributed by atoms with van der Waals surface area (Å²) in [7, 11) is -1.55. The number of ether oxygens (including phenoxy) is 1. The maximum Gasteiger partial charge on any atom is 0.238 e. The lowest BCUT2D eigenvalue weighted by molar-refractivity contribution is 0.114. The Balaban J connectivity index is 2.08. The van der Waals surface area contributed by atoms with Gasteiger partial charge in [0.1, 0.15) is 11.9 Å². The summed E-state index contributed by atoms with van der Waals surface area (Å²) in [5.74, 6) is 0.708. The van der Waals surface area contributed by atoms with Gasteiger partial charge < -0.3 is 9.64 Å². The van der Waals surface area contributed by atoms with Crippen molar-refractivity contribution in [1.29, 1.82) is 0 Å². The first kappa shape index (κ1) is 14.3. The second-order valence-corrected chi connectivity index (χ2v) is 6.62. The van der Waals surface area contributed by atoms with Crippen LogP contribution in [-0.2, 0) is 10.0 Å². The first-order valence-electron chi connectivity index (χ1n) is 6.35. The number of primary sulfonamides is 1. The summed E-state index contributed by atoms with van der Waals surface area (Å²) in [6, 6.07) is 4.91. The molecule has 6 heteroatoms. The monoisotopic (exact) mass is 284 g/mol. The summed E-state index contributed by atoms with van der Waals surface area (Å²) >= 11 is 0. The van der Waals surface area contributed by atoms with Crippen molar-refractivity contribution in [1.82, 2.24) is 4.90 Å². The molecule has 106 valence electrons. The molecule has 0 saturated carbocycles. The Morgan fingerprint density at radius 3 is 2.47 bits per heavy atom. The number of rotatable bonds is 3. The average molecular weight is 284 g/mol. The molecule has 1 fully saturated rings. The van der Waals surface area contributed by atoms with Gasteiger partial charge in [-0.05, 0) is 50.6 Å². The van der Waals surface area contributed by atoms with E-state index in [0.29, 0.717) is 11.3 Å². The predicted octanol–water partition coefficient (Wildman–Crippen LogP) is 1.12. The third-order valence-electron chi connectivity index (χ3n) is 3.42. The molecule has 2 rings (SSSR count). The molecule has 1 aromatic carbocycles. The highest BCUT2D eigenvalue weighted by molar-refractivity contribution is 7.89. The van der Waals surface area contributed by atoms with Crippen molar-refractivity contribution in [2.24, 2.45) is 5.14 Å². The van der Waals surface area contributed by atoms with E-state index in [-0.39, 0.29) is 11.0 Å². The van der Waals surface area contributed by atoms with Crippen LogP contribution >= 0.6 is 0 Å². The molecule has 1 aromatic rings. The van der Waals surface area contributed by atoms with E-state index in [1.807, 2.05) is 0 Å². The van der Waals surface area contributed by atoms with Crippen LogP contribution < -0.4 is 9.88 Å². The minimum atomic E-state index is -3.65. The topological polar surface area (TPSA) is 72.6 Å². The number of benzene rings is 1. The van der Waals surface area contributed by atoms with Crippen LogP contribution in [0.3, 0.4) is 0 Å². The Kier molecular flexibility index (Phi) is 4.13. The highest BCUT2D eigenvalue weighted by Gasteiger charge is 2.19. The fraction of sp³-hybridized carbons (Fsp3) is 0.538. The van der Waals surface area contributed by atoms with Gasteiger partial charge in [-0.2, -0.15) is 0 Å². The van der Waals surface area contributed by atoms with Crippen molar-refractivity contribution in [3.63, 3.8) is 0 Å². The molecule has 0 unspecified atom stereocenters. The smallest absolute Gasteiger partial charge is 0.238 e. The van der Waals surface area contributed by atoms with Gasteiger partial charge in [-0.15, -0.1) is 0 Å². The van der Waals surface area contributed by atoms with Gasteiger partial charge in [-0.3, -0.25) is 0 Å². The molecule has 0 spiro atoms. The van der Waals surface area contributed by atoms with Crippen molar-refractivity contribution < 1.29 is 13.2 Å². The summed E-state index contributed by atoms with van der Waals surface area (Å²) in [5.41, 5.74) is 0.618. The number of likely N-dealkylation sites (tertiary alicyclic amines) is 1. The van der Waals surface area contributed by atoms with Crippen molar-refractivity contribution in [2.75, 3.05) is 20.1 Å². The molecule has 1 aliphatic heterocycles. The predicted molar refractivity (Wildman–Crippen MR) is 73.7 cm³/mol. The molecule has 0 aliphatic carbocycles. The quantitative estimate of drug-likeness (QED) is 0.902. The van der Waals surface area contributed by atoms with Gasteiger partial charge >= 0.3 is 0 Å². The van der Waals surface area contributed by atoms with Crippen LogP contribution in [0.2, 0.25) is 0 Å². The zero-order valence-electron chi connectivity index (χ0n) is 11.3. The van der Waals surface area contributed by atoms with Crippen LogP contribution in [0, 0.1) is 6.92 Å². The Morgan fingerprint density at radius 2 is 1.95 bits per heavy atom. The molecule has 1 heterocycles. The summed E-state index contributed by atoms with van der Waals surface area (Å²) < 4.78 is 28.5. The fourth-order valence-corrected chi connectivity index (χ4v) is 3.08. The standard InChI is InChI=1S/C13H20N2O3S/c1-10-9-12(3-4-13(10)19(14,16)17)18-11-5-7-15(2)8-6-11/h3-4,9,11H,5-8H2,1-2H3,(H2,14,16,17). The summed E-state index contributed by atoms with van der Waals surface area (Å²) in [6.07, 6.45) is 2.19. The molecule has 1 aliphatic rings. The van der Waals surface area contributed by atoms with E-state index in [4.69, 9.17) is 9.88 Å². The van der Waals surface area contributed by atoms with Crippen LogP contribution in [-0.4, -0.2) is 39.6 Å². The molecule has 2 N–H and O–H groups in total. The molecule has 19 heavy (non-hydrogen) atoms. The maximum atomic E-state index is 11.3. The van der Waals surface area contributed by atoms with Crippen LogP contribution in [0.4, 0.5) is 0 Å². The second kappa shape index (κ2) is 5.48. The van der Waals surface area contributed by atoms with Crippen LogP contribution in [0.15, 0.2) is 23.1 Å². The Bertz CT molecular complexity index is 549. The van der Waals surface area contributed by atoms with Gasteiger partial charge in [0.05, 0.1) is 4.90 Å². The van der Waals surface area contributed by atoms with Gasteiger partial charge in [0.25, 0.3) is 0 Å². The minimum Gasteiger partial charge on any atom is -0.490 e. The van der Waals surface area contributed by atoms with Gasteiger partial charge in [0, 0.05) is 13.1 Å². The Hall–Kier alpha value is -1.11. The molecule has 0 atom stereocenters. The van der Waals surface area contributed by atoms with Gasteiger partial charge in [0.15, 0.2) is 0 Å². The zero-order valence-corrected chi connectivity index (χ0v) is 12.1. The van der Waals surface area contributed by atoms with Crippen LogP contribution in [0.25, 0.3) is 0 Å². The number of hydrogen-bond donors (Lipinski definition) is 1. The molecule has 0 bridgehead atoms. The normalized spacial score (nSPS) is 18.5. The highest BCUT2D eigenvalue weighted by atomic mass is 32.2. The third kappa shape index (κ3) is 3.68. The number of nitrogens with two attached hydrogens (primary N) is 1. The Morgan fingerprint density at radius 1 is 1.32 bits per heavy atom. The summed E-state index contributed by atoms with van der Waals surface area (Å²) in [6.45, 7) is 3.78. The molecule has 5 nitrogen and oxygen atoms in total. The van der Waals surface area contributed by atoms with E-state index >= 15 is 0 Å². The number of sulfonamides is 1. The Labute approximate surface area is 114 Å². The van der Waals surface area contributed by atoms with E-state index in [9.17, 15) is 8.42 Å². The highest BCUT2D eigenvalue weighted by Crippen LogP contribution is 2.23. The molecular weight excluding hydrogens is 264 g/mol. The lowest BCUT2D eigenvalue weighted by Gasteiger charge is -2.29. The molecular formula is C13H20N2O3S. The van der Waals surface area contributed by atoms with Gasteiger partial charge in [0.2, 0.25) is 10.0 Å². The zero-order chi connectivity index (χ0) is 14.0. The average Bonchev–Trinajstić information content (AvgIpc) is 2.30. The lowest BCUT2D eigenvalue weighted by atomic mass is 10.1. The van der Waals surface area contributed by atoms with Crippen LogP contribution in [0.1, 0.15) is 18.4 Å². The van der Waals surface area contributed by atoms with Gasteiger partial charge in [-0.1, -0.05) is 0 Å². The third-order valence-corrected chi connectivity index (χ3v) is 4.49. The molecule has 0 aromatic heterocycles. The minimum absolute atomic E-state index is 0.156.